The van der Waals surface area contributed by atoms with E-state index >= 15 is 0 Å². The summed E-state index contributed by atoms with van der Waals surface area (Å²) in [7, 11) is -3.77. The monoisotopic (exact) mass is 416 g/mol. The van der Waals surface area contributed by atoms with Crippen LogP contribution < -0.4 is 5.73 Å². The number of aromatic nitrogens is 1. The standard InChI is InChI=1S/C20H17ClN2O4S/c21-17-6-4-13(11-16(17)18-3-1-2-8-23-18)15-12-14(20(22)25)5-7-19(15)28(26,27)10-9-24/h1-8,11-12,24H,9-10H2,(H2,22,25). The van der Waals surface area contributed by atoms with Gasteiger partial charge in [-0.25, -0.2) is 8.42 Å². The molecule has 0 aliphatic carbocycles. The maximum Gasteiger partial charge on any atom is 0.248 e. The molecule has 1 amide bonds. The average molecular weight is 417 g/mol. The molecule has 0 saturated heterocycles. The third kappa shape index (κ3) is 4.06. The molecule has 3 rings (SSSR count). The van der Waals surface area contributed by atoms with Crippen LogP contribution >= 0.6 is 11.6 Å². The zero-order valence-corrected chi connectivity index (χ0v) is 16.2. The zero-order chi connectivity index (χ0) is 20.3. The third-order valence-electron chi connectivity index (χ3n) is 4.18. The SMILES string of the molecule is NC(=O)c1ccc(S(=O)(=O)CCO)c(-c2ccc(Cl)c(-c3ccccn3)c2)c1. The molecule has 0 spiro atoms. The van der Waals surface area contributed by atoms with Gasteiger partial charge < -0.3 is 10.8 Å². The van der Waals surface area contributed by atoms with Gasteiger partial charge in [-0.2, -0.15) is 0 Å². The molecule has 6 nitrogen and oxygen atoms in total. The van der Waals surface area contributed by atoms with Crippen molar-refractivity contribution in [1.82, 2.24) is 4.98 Å². The van der Waals surface area contributed by atoms with Gasteiger partial charge in [-0.15, -0.1) is 0 Å². The minimum Gasteiger partial charge on any atom is -0.395 e. The topological polar surface area (TPSA) is 110 Å². The number of halogens is 1. The number of nitrogens with zero attached hydrogens (tertiary/aromatic N) is 1. The number of carbonyl (C=O) groups is 1. The van der Waals surface area contributed by atoms with Crippen LogP contribution in [0, 0.1) is 0 Å². The molecule has 8 heteroatoms. The van der Waals surface area contributed by atoms with Gasteiger partial charge in [0.1, 0.15) is 0 Å². The molecule has 0 unspecified atom stereocenters. The molecule has 144 valence electrons. The Kier molecular flexibility index (Phi) is 5.79. The van der Waals surface area contributed by atoms with Crippen LogP contribution in [0.1, 0.15) is 10.4 Å². The number of amides is 1. The minimum atomic E-state index is -3.77. The molecule has 3 N–H and O–H groups in total. The van der Waals surface area contributed by atoms with Gasteiger partial charge in [-0.3, -0.25) is 9.78 Å². The summed E-state index contributed by atoms with van der Waals surface area (Å²) in [6.07, 6.45) is 1.63. The number of pyridine rings is 1. The number of sulfone groups is 1. The van der Waals surface area contributed by atoms with Crippen molar-refractivity contribution in [1.29, 1.82) is 0 Å². The maximum absolute atomic E-state index is 12.6. The molecule has 2 aromatic carbocycles. The molecule has 3 aromatic rings. The second-order valence-electron chi connectivity index (χ2n) is 6.03. The second kappa shape index (κ2) is 8.10. The van der Waals surface area contributed by atoms with Gasteiger partial charge in [0.05, 0.1) is 22.9 Å². The van der Waals surface area contributed by atoms with Gasteiger partial charge in [0.15, 0.2) is 9.84 Å². The second-order valence-corrected chi connectivity index (χ2v) is 8.51. The van der Waals surface area contributed by atoms with E-state index in [1.54, 1.807) is 36.5 Å². The molecule has 0 aliphatic rings. The highest BCUT2D eigenvalue weighted by Crippen LogP contribution is 2.35. The zero-order valence-electron chi connectivity index (χ0n) is 14.7. The predicted molar refractivity (Wildman–Crippen MR) is 108 cm³/mol. The molecule has 1 heterocycles. The lowest BCUT2D eigenvalue weighted by atomic mass is 9.99. The fourth-order valence-electron chi connectivity index (χ4n) is 2.82. The summed E-state index contributed by atoms with van der Waals surface area (Å²) < 4.78 is 25.2. The number of aliphatic hydroxyl groups excluding tert-OH is 1. The van der Waals surface area contributed by atoms with Gasteiger partial charge in [-0.05, 0) is 48.0 Å². The molecule has 28 heavy (non-hydrogen) atoms. The summed E-state index contributed by atoms with van der Waals surface area (Å²) in [4.78, 5) is 15.9. The molecular weight excluding hydrogens is 400 g/mol. The lowest BCUT2D eigenvalue weighted by molar-refractivity contribution is 0.1000. The van der Waals surface area contributed by atoms with Crippen molar-refractivity contribution in [2.75, 3.05) is 12.4 Å². The van der Waals surface area contributed by atoms with Crippen LogP contribution in [0.25, 0.3) is 22.4 Å². The van der Waals surface area contributed by atoms with E-state index in [1.807, 2.05) is 6.07 Å². The third-order valence-corrected chi connectivity index (χ3v) is 6.25. The molecular formula is C20H17ClN2O4S. The van der Waals surface area contributed by atoms with Crippen LogP contribution in [0.5, 0.6) is 0 Å². The van der Waals surface area contributed by atoms with Crippen LogP contribution in [-0.4, -0.2) is 36.8 Å². The van der Waals surface area contributed by atoms with Crippen LogP contribution in [0.3, 0.4) is 0 Å². The highest BCUT2D eigenvalue weighted by atomic mass is 35.5. The Hall–Kier alpha value is -2.74. The smallest absolute Gasteiger partial charge is 0.248 e. The van der Waals surface area contributed by atoms with Crippen LogP contribution in [-0.2, 0) is 9.84 Å². The summed E-state index contributed by atoms with van der Waals surface area (Å²) >= 11 is 6.31. The van der Waals surface area contributed by atoms with E-state index in [1.165, 1.54) is 18.2 Å². The number of carbonyl (C=O) groups excluding carboxylic acids is 1. The van der Waals surface area contributed by atoms with E-state index < -0.39 is 28.1 Å². The van der Waals surface area contributed by atoms with Crippen LogP contribution in [0.2, 0.25) is 5.02 Å². The Balaban J connectivity index is 2.25. The molecule has 0 radical (unpaired) electrons. The van der Waals surface area contributed by atoms with E-state index in [0.29, 0.717) is 27.4 Å². The predicted octanol–water partition coefficient (Wildman–Crippen LogP) is 2.93. The summed E-state index contributed by atoms with van der Waals surface area (Å²) in [5.41, 5.74) is 7.62. The van der Waals surface area contributed by atoms with Crippen molar-refractivity contribution in [2.24, 2.45) is 5.73 Å². The number of nitrogens with two attached hydrogens (primary N) is 1. The van der Waals surface area contributed by atoms with Gasteiger partial charge in [-0.1, -0.05) is 23.7 Å². The fraction of sp³-hybridized carbons (Fsp3) is 0.100. The first-order valence-corrected chi connectivity index (χ1v) is 10.4. The quantitative estimate of drug-likeness (QED) is 0.641. The summed E-state index contributed by atoms with van der Waals surface area (Å²) in [6, 6.07) is 14.5. The summed E-state index contributed by atoms with van der Waals surface area (Å²) in [5.74, 6) is -1.11. The largest absolute Gasteiger partial charge is 0.395 e. The maximum atomic E-state index is 12.6. The Morgan fingerprint density at radius 1 is 1.07 bits per heavy atom. The Labute approximate surface area is 167 Å². The van der Waals surface area contributed by atoms with Crippen molar-refractivity contribution in [3.8, 4) is 22.4 Å². The average Bonchev–Trinajstić information content (AvgIpc) is 2.68. The highest BCUT2D eigenvalue weighted by Gasteiger charge is 2.21. The Bertz CT molecular complexity index is 1130. The van der Waals surface area contributed by atoms with Crippen molar-refractivity contribution < 1.29 is 18.3 Å². The Morgan fingerprint density at radius 3 is 2.50 bits per heavy atom. The van der Waals surface area contributed by atoms with Gasteiger partial charge >= 0.3 is 0 Å². The minimum absolute atomic E-state index is 0.000781. The van der Waals surface area contributed by atoms with E-state index in [9.17, 15) is 13.2 Å². The summed E-state index contributed by atoms with van der Waals surface area (Å²) in [5, 5.41) is 9.57. The van der Waals surface area contributed by atoms with E-state index in [-0.39, 0.29) is 10.5 Å². The van der Waals surface area contributed by atoms with Gasteiger partial charge in [0.25, 0.3) is 0 Å². The molecule has 0 fully saturated rings. The molecule has 0 aliphatic heterocycles. The number of primary amides is 1. The number of hydrogen-bond acceptors (Lipinski definition) is 5. The number of aliphatic hydroxyl groups is 1. The van der Waals surface area contributed by atoms with Crippen molar-refractivity contribution in [3.05, 3.63) is 71.4 Å². The van der Waals surface area contributed by atoms with Crippen LogP contribution in [0.4, 0.5) is 0 Å². The normalized spacial score (nSPS) is 11.4. The lowest BCUT2D eigenvalue weighted by Crippen LogP contribution is -2.14. The van der Waals surface area contributed by atoms with E-state index in [4.69, 9.17) is 22.4 Å². The first-order valence-electron chi connectivity index (χ1n) is 8.32. The van der Waals surface area contributed by atoms with E-state index in [2.05, 4.69) is 4.98 Å². The van der Waals surface area contributed by atoms with Crippen molar-refractivity contribution >= 4 is 27.3 Å². The fourth-order valence-corrected chi connectivity index (χ4v) is 4.28. The molecule has 1 aromatic heterocycles. The van der Waals surface area contributed by atoms with Crippen molar-refractivity contribution in [2.45, 2.75) is 4.90 Å². The molecule has 0 atom stereocenters. The Morgan fingerprint density at radius 2 is 1.86 bits per heavy atom. The van der Waals surface area contributed by atoms with Gasteiger partial charge in [0, 0.05) is 27.9 Å². The first-order chi connectivity index (χ1) is 13.3. The molecule has 0 bridgehead atoms. The number of benzene rings is 2. The van der Waals surface area contributed by atoms with E-state index in [0.717, 1.165) is 0 Å². The number of hydrogen-bond donors (Lipinski definition) is 2. The highest BCUT2D eigenvalue weighted by molar-refractivity contribution is 7.91. The number of rotatable bonds is 6. The molecule has 0 saturated carbocycles. The van der Waals surface area contributed by atoms with Crippen LogP contribution in [0.15, 0.2) is 65.7 Å². The lowest BCUT2D eigenvalue weighted by Gasteiger charge is -2.13. The first kappa shape index (κ1) is 20.0. The van der Waals surface area contributed by atoms with Crippen molar-refractivity contribution in [3.63, 3.8) is 0 Å². The van der Waals surface area contributed by atoms with Gasteiger partial charge in [0.2, 0.25) is 5.91 Å². The summed E-state index contributed by atoms with van der Waals surface area (Å²) in [6.45, 7) is -0.515.